The van der Waals surface area contributed by atoms with Crippen LogP contribution in [0.5, 0.6) is 11.5 Å². The lowest BCUT2D eigenvalue weighted by Gasteiger charge is -2.36. The van der Waals surface area contributed by atoms with Gasteiger partial charge in [0.15, 0.2) is 23.1 Å². The molecule has 2 aromatic carbocycles. The second-order valence-electron chi connectivity index (χ2n) is 7.86. The predicted octanol–water partition coefficient (Wildman–Crippen LogP) is 1.87. The van der Waals surface area contributed by atoms with E-state index in [1.807, 2.05) is 18.2 Å². The summed E-state index contributed by atoms with van der Waals surface area (Å²) in [4.78, 5) is 25.4. The normalized spacial score (nSPS) is 15.3. The van der Waals surface area contributed by atoms with Gasteiger partial charge in [0.25, 0.3) is 5.91 Å². The molecule has 170 valence electrons. The number of nitrogens with one attached hydrogen (secondary N) is 2. The highest BCUT2D eigenvalue weighted by molar-refractivity contribution is 5.95. The van der Waals surface area contributed by atoms with Crippen LogP contribution >= 0.6 is 0 Å². The highest BCUT2D eigenvalue weighted by atomic mass is 16.7. The first-order valence-electron chi connectivity index (χ1n) is 10.7. The van der Waals surface area contributed by atoms with Gasteiger partial charge >= 0.3 is 0 Å². The van der Waals surface area contributed by atoms with Gasteiger partial charge in [0.05, 0.1) is 0 Å². The maximum atomic E-state index is 12.3. The van der Waals surface area contributed by atoms with Crippen LogP contribution in [0.4, 0.5) is 17.3 Å². The number of hydrogen-bond donors (Lipinski definition) is 3. The topological polar surface area (TPSA) is 118 Å². The number of nitrogens with zero attached hydrogens (tertiary/aromatic N) is 4. The Morgan fingerprint density at radius 1 is 1.00 bits per heavy atom. The zero-order valence-electron chi connectivity index (χ0n) is 18.0. The molecule has 33 heavy (non-hydrogen) atoms. The van der Waals surface area contributed by atoms with Gasteiger partial charge in [-0.2, -0.15) is 0 Å². The average molecular weight is 447 g/mol. The summed E-state index contributed by atoms with van der Waals surface area (Å²) >= 11 is 0. The van der Waals surface area contributed by atoms with Crippen molar-refractivity contribution >= 4 is 23.2 Å². The molecule has 2 aliphatic heterocycles. The average Bonchev–Trinajstić information content (AvgIpc) is 3.32. The Morgan fingerprint density at radius 2 is 1.79 bits per heavy atom. The fourth-order valence-electron chi connectivity index (χ4n) is 3.93. The molecule has 10 heteroatoms. The number of piperazine rings is 1. The number of benzene rings is 2. The van der Waals surface area contributed by atoms with E-state index in [4.69, 9.17) is 15.2 Å². The molecule has 1 aromatic heterocycles. The number of amides is 1. The predicted molar refractivity (Wildman–Crippen MR) is 124 cm³/mol. The quantitative estimate of drug-likeness (QED) is 0.487. The van der Waals surface area contributed by atoms with Crippen LogP contribution < -0.4 is 31.0 Å². The first kappa shape index (κ1) is 20.8. The third kappa shape index (κ3) is 4.60. The summed E-state index contributed by atoms with van der Waals surface area (Å²) in [6, 6.07) is 15.0. The minimum Gasteiger partial charge on any atom is -0.454 e. The van der Waals surface area contributed by atoms with Crippen molar-refractivity contribution in [3.05, 3.63) is 66.0 Å². The first-order chi connectivity index (χ1) is 16.2. The van der Waals surface area contributed by atoms with Crippen LogP contribution in [0.25, 0.3) is 0 Å². The summed E-state index contributed by atoms with van der Waals surface area (Å²) in [7, 11) is 0. The largest absolute Gasteiger partial charge is 0.454 e. The van der Waals surface area contributed by atoms with Crippen molar-refractivity contribution in [1.82, 2.24) is 20.3 Å². The van der Waals surface area contributed by atoms with Crippen LogP contribution in [0.15, 0.2) is 54.9 Å². The number of nitrogens with two attached hydrogens (primary N) is 1. The van der Waals surface area contributed by atoms with Crippen molar-refractivity contribution in [3.63, 3.8) is 0 Å². The number of ether oxygens (including phenoxy) is 2. The molecule has 0 spiro atoms. The van der Waals surface area contributed by atoms with Crippen LogP contribution in [-0.4, -0.2) is 53.7 Å². The SMILES string of the molecule is Nc1c(NNC(=O)c2ccccc2)ncnc1N1CCN(Cc2ccc3c(c2)OCO3)CC1. The third-order valence-electron chi connectivity index (χ3n) is 5.71. The van der Waals surface area contributed by atoms with E-state index in [-0.39, 0.29) is 12.7 Å². The van der Waals surface area contributed by atoms with Crippen molar-refractivity contribution in [1.29, 1.82) is 0 Å². The van der Waals surface area contributed by atoms with E-state index >= 15 is 0 Å². The van der Waals surface area contributed by atoms with E-state index in [1.165, 1.54) is 11.9 Å². The number of aromatic nitrogens is 2. The first-order valence-corrected chi connectivity index (χ1v) is 10.7. The summed E-state index contributed by atoms with van der Waals surface area (Å²) in [5, 5.41) is 0. The van der Waals surface area contributed by atoms with Gasteiger partial charge < -0.3 is 20.1 Å². The smallest absolute Gasteiger partial charge is 0.269 e. The lowest BCUT2D eigenvalue weighted by atomic mass is 10.1. The zero-order chi connectivity index (χ0) is 22.6. The van der Waals surface area contributed by atoms with Crippen LogP contribution in [0.2, 0.25) is 0 Å². The Balaban J connectivity index is 1.18. The highest BCUT2D eigenvalue weighted by Gasteiger charge is 2.22. The van der Waals surface area contributed by atoms with Crippen LogP contribution in [-0.2, 0) is 6.54 Å². The summed E-state index contributed by atoms with van der Waals surface area (Å²) in [5.74, 6) is 2.36. The van der Waals surface area contributed by atoms with E-state index in [0.717, 1.165) is 44.2 Å². The Hall–Kier alpha value is -4.05. The molecule has 0 bridgehead atoms. The van der Waals surface area contributed by atoms with E-state index in [1.54, 1.807) is 24.3 Å². The number of carbonyl (C=O) groups excluding carboxylic acids is 1. The van der Waals surface area contributed by atoms with Gasteiger partial charge in [0, 0.05) is 38.3 Å². The Morgan fingerprint density at radius 3 is 2.61 bits per heavy atom. The molecular formula is C23H25N7O3. The van der Waals surface area contributed by atoms with Crippen molar-refractivity contribution in [2.45, 2.75) is 6.54 Å². The van der Waals surface area contributed by atoms with Gasteiger partial charge in [0.1, 0.15) is 12.0 Å². The molecule has 4 N–H and O–H groups in total. The summed E-state index contributed by atoms with van der Waals surface area (Å²) in [6.07, 6.45) is 1.45. The second kappa shape index (κ2) is 9.21. The Labute approximate surface area is 191 Å². The lowest BCUT2D eigenvalue weighted by Crippen LogP contribution is -2.46. The van der Waals surface area contributed by atoms with Gasteiger partial charge in [-0.25, -0.2) is 9.97 Å². The van der Waals surface area contributed by atoms with E-state index in [0.29, 0.717) is 22.9 Å². The molecule has 1 saturated heterocycles. The van der Waals surface area contributed by atoms with Crippen LogP contribution in [0, 0.1) is 0 Å². The summed E-state index contributed by atoms with van der Waals surface area (Å²) < 4.78 is 10.9. The van der Waals surface area contributed by atoms with Crippen LogP contribution in [0.3, 0.4) is 0 Å². The lowest BCUT2D eigenvalue weighted by molar-refractivity contribution is 0.0962. The van der Waals surface area contributed by atoms with E-state index in [9.17, 15) is 4.79 Å². The fourth-order valence-corrected chi connectivity index (χ4v) is 3.93. The number of carbonyl (C=O) groups is 1. The fraction of sp³-hybridized carbons (Fsp3) is 0.261. The van der Waals surface area contributed by atoms with Crippen molar-refractivity contribution in [2.75, 3.05) is 49.0 Å². The zero-order valence-corrected chi connectivity index (χ0v) is 18.0. The minimum absolute atomic E-state index is 0.271. The number of nitrogen functional groups attached to an aromatic ring is 1. The number of fused-ring (bicyclic) bond motifs is 1. The number of hydrogen-bond acceptors (Lipinski definition) is 9. The molecule has 0 unspecified atom stereocenters. The molecule has 1 fully saturated rings. The monoisotopic (exact) mass is 447 g/mol. The summed E-state index contributed by atoms with van der Waals surface area (Å²) in [5.41, 5.74) is 13.9. The molecule has 0 atom stereocenters. The molecule has 0 radical (unpaired) electrons. The van der Waals surface area contributed by atoms with Crippen molar-refractivity contribution in [2.24, 2.45) is 0 Å². The molecule has 2 aliphatic rings. The van der Waals surface area contributed by atoms with Gasteiger partial charge in [-0.15, -0.1) is 0 Å². The molecule has 3 heterocycles. The molecule has 1 amide bonds. The second-order valence-corrected chi connectivity index (χ2v) is 7.86. The molecular weight excluding hydrogens is 422 g/mol. The number of anilines is 3. The van der Waals surface area contributed by atoms with E-state index < -0.39 is 0 Å². The molecule has 0 saturated carbocycles. The van der Waals surface area contributed by atoms with Gasteiger partial charge in [-0.1, -0.05) is 24.3 Å². The molecule has 3 aromatic rings. The molecule has 0 aliphatic carbocycles. The number of hydrazine groups is 1. The van der Waals surface area contributed by atoms with Gasteiger partial charge in [-0.05, 0) is 29.8 Å². The maximum Gasteiger partial charge on any atom is 0.269 e. The third-order valence-corrected chi connectivity index (χ3v) is 5.71. The summed E-state index contributed by atoms with van der Waals surface area (Å²) in [6.45, 7) is 4.41. The van der Waals surface area contributed by atoms with Crippen LogP contribution in [0.1, 0.15) is 15.9 Å². The highest BCUT2D eigenvalue weighted by Crippen LogP contribution is 2.33. The Bertz CT molecular complexity index is 1130. The molecule has 5 rings (SSSR count). The maximum absolute atomic E-state index is 12.3. The van der Waals surface area contributed by atoms with Gasteiger partial charge in [-0.3, -0.25) is 20.5 Å². The standard InChI is InChI=1S/C23H25N7O3/c24-20-21(27-28-23(31)17-4-2-1-3-5-17)25-14-26-22(20)30-10-8-29(9-11-30)13-16-6-7-18-19(12-16)33-15-32-18/h1-7,12,14H,8-11,13,15,24H2,(H,28,31)(H,25,26,27). The Kier molecular flexibility index (Phi) is 5.81. The van der Waals surface area contributed by atoms with Crippen molar-refractivity contribution in [3.8, 4) is 11.5 Å². The van der Waals surface area contributed by atoms with Gasteiger partial charge in [0.2, 0.25) is 6.79 Å². The van der Waals surface area contributed by atoms with E-state index in [2.05, 4.69) is 36.7 Å². The minimum atomic E-state index is -0.271. The number of rotatable bonds is 6. The van der Waals surface area contributed by atoms with Crippen molar-refractivity contribution < 1.29 is 14.3 Å². The molecule has 10 nitrogen and oxygen atoms in total.